The first-order valence-corrected chi connectivity index (χ1v) is 27.5. The van der Waals surface area contributed by atoms with Crippen molar-refractivity contribution >= 4 is 44.4 Å². The van der Waals surface area contributed by atoms with Gasteiger partial charge in [-0.1, -0.05) is 238 Å². The highest BCUT2D eigenvalue weighted by Gasteiger charge is 2.46. The van der Waals surface area contributed by atoms with Gasteiger partial charge in [0.2, 0.25) is 0 Å². The molecule has 0 saturated heterocycles. The van der Waals surface area contributed by atoms with Crippen molar-refractivity contribution in [2.45, 2.75) is 37.0 Å². The van der Waals surface area contributed by atoms with Crippen molar-refractivity contribution in [1.29, 1.82) is 0 Å². The minimum Gasteiger partial charge on any atom is -0.310 e. The lowest BCUT2D eigenvalue weighted by Crippen LogP contribution is -2.28. The van der Waals surface area contributed by atoms with Crippen molar-refractivity contribution in [2.24, 2.45) is 0 Å². The highest BCUT2D eigenvalue weighted by Crippen LogP contribution is 2.58. The van der Waals surface area contributed by atoms with Crippen LogP contribution in [0.15, 0.2) is 291 Å². The molecule has 1 heterocycles. The van der Waals surface area contributed by atoms with E-state index in [1.165, 1.54) is 111 Å². The van der Waals surface area contributed by atoms with Crippen molar-refractivity contribution in [1.82, 2.24) is 4.57 Å². The first-order chi connectivity index (χ1) is 38.4. The molecular weight excluding hydrogens is 941 g/mol. The highest BCUT2D eigenvalue weighted by atomic mass is 15.1. The largest absolute Gasteiger partial charge is 0.310 e. The van der Waals surface area contributed by atoms with Crippen LogP contribution in [-0.2, 0) is 10.8 Å². The van der Waals surface area contributed by atoms with Crippen molar-refractivity contribution in [3.8, 4) is 39.1 Å². The van der Waals surface area contributed by atoms with Crippen LogP contribution in [0.1, 0.15) is 65.1 Å². The van der Waals surface area contributed by atoms with Crippen LogP contribution in [0.3, 0.4) is 0 Å². The van der Waals surface area contributed by atoms with Crippen LogP contribution in [0.2, 0.25) is 0 Å². The van der Waals surface area contributed by atoms with Gasteiger partial charge in [0.1, 0.15) is 0 Å². The summed E-state index contributed by atoms with van der Waals surface area (Å²) in [5.74, 6) is 0.313. The monoisotopic (exact) mass is 996 g/mol. The van der Waals surface area contributed by atoms with Crippen molar-refractivity contribution in [2.75, 3.05) is 4.90 Å². The van der Waals surface area contributed by atoms with Crippen LogP contribution >= 0.6 is 0 Å². The molecule has 0 amide bonds. The summed E-state index contributed by atoms with van der Waals surface area (Å²) < 4.78 is 2.39. The summed E-state index contributed by atoms with van der Waals surface area (Å²) >= 11 is 0. The van der Waals surface area contributed by atoms with Crippen LogP contribution in [0.25, 0.3) is 66.4 Å². The van der Waals surface area contributed by atoms with E-state index < -0.39 is 5.41 Å². The molecular formula is C76H56N2. The third kappa shape index (κ3) is 7.10. The van der Waals surface area contributed by atoms with E-state index >= 15 is 0 Å². The van der Waals surface area contributed by atoms with E-state index in [0.29, 0.717) is 5.92 Å². The Morgan fingerprint density at radius 3 is 1.69 bits per heavy atom. The lowest BCUT2D eigenvalue weighted by molar-refractivity contribution is 0.591. The average molecular weight is 997 g/mol. The first-order valence-electron chi connectivity index (χ1n) is 27.5. The Labute approximate surface area is 457 Å². The highest BCUT2D eigenvalue weighted by molar-refractivity contribution is 6.10. The second-order valence-corrected chi connectivity index (χ2v) is 22.0. The zero-order valence-corrected chi connectivity index (χ0v) is 43.8. The van der Waals surface area contributed by atoms with Gasteiger partial charge < -0.3 is 9.47 Å². The number of allylic oxidation sites excluding steroid dienone is 4. The molecule has 78 heavy (non-hydrogen) atoms. The van der Waals surface area contributed by atoms with E-state index in [1.54, 1.807) is 0 Å². The number of benzene rings is 11. The molecule has 0 radical (unpaired) electrons. The molecule has 0 spiro atoms. The number of para-hydroxylation sites is 2. The lowest BCUT2D eigenvalue weighted by atomic mass is 9.68. The molecule has 0 saturated carbocycles. The van der Waals surface area contributed by atoms with Crippen molar-refractivity contribution in [3.05, 3.63) is 330 Å². The van der Waals surface area contributed by atoms with Gasteiger partial charge >= 0.3 is 0 Å². The third-order valence-corrected chi connectivity index (χ3v) is 17.5. The summed E-state index contributed by atoms with van der Waals surface area (Å²) in [6, 6.07) is 101. The molecule has 11 aromatic carbocycles. The number of hydrogen-bond acceptors (Lipinski definition) is 1. The number of nitrogens with zero attached hydrogens (tertiary/aromatic N) is 2. The molecule has 0 fully saturated rings. The van der Waals surface area contributed by atoms with Crippen LogP contribution in [0, 0.1) is 0 Å². The standard InChI is InChI=1S/C76H56N2/c1-75(2)71-48-56(53-33-31-52(32-34-53)51-19-7-3-8-20-51)37-43-64(71)65-44-41-62(50-72(65)75)77(60-39-35-54(36-40-60)55-38-46-74-68(47-55)66-28-16-18-30-73(66)78(74)59-25-13-6-14-26-59)61-42-45-70-67(49-61)63-27-15-17-29-69(63)76(70,57-21-9-4-10-22-57)58-23-11-5-12-24-58/h3-47,49-50,56H,48H2,1-2H3. The minimum atomic E-state index is -0.481. The maximum Gasteiger partial charge on any atom is 0.0713 e. The molecule has 15 rings (SSSR count). The first kappa shape index (κ1) is 45.9. The Kier molecular flexibility index (Phi) is 10.6. The van der Waals surface area contributed by atoms with E-state index in [-0.39, 0.29) is 5.41 Å². The summed E-state index contributed by atoms with van der Waals surface area (Å²) in [6.45, 7) is 4.89. The Bertz CT molecular complexity index is 4290. The fraction of sp³-hybridized carbons (Fsp3) is 0.0789. The summed E-state index contributed by atoms with van der Waals surface area (Å²) in [4.78, 5) is 2.50. The molecule has 12 aromatic rings. The van der Waals surface area contributed by atoms with E-state index in [0.717, 1.165) is 23.5 Å². The van der Waals surface area contributed by atoms with E-state index in [2.05, 4.69) is 308 Å². The third-order valence-electron chi connectivity index (χ3n) is 17.5. The van der Waals surface area contributed by atoms with Crippen molar-refractivity contribution in [3.63, 3.8) is 0 Å². The SMILES string of the molecule is CC1(C)C2=C(C=CC(c3ccc(-c4ccccc4)cc3)C2)c2ccc(N(c3ccc(-c4ccc5c(c4)c4ccccc4n5-c4ccccc4)cc3)c3ccc4c(c3)-c3ccccc3C4(c3ccccc3)c3ccccc3)cc21. The predicted molar refractivity (Wildman–Crippen MR) is 327 cm³/mol. The number of fused-ring (bicyclic) bond motifs is 8. The molecule has 1 aromatic heterocycles. The van der Waals surface area contributed by atoms with E-state index in [9.17, 15) is 0 Å². The Hall–Kier alpha value is -9.50. The summed E-state index contributed by atoms with van der Waals surface area (Å²) in [5, 5.41) is 2.50. The van der Waals surface area contributed by atoms with Crippen LogP contribution < -0.4 is 4.90 Å². The maximum absolute atomic E-state index is 2.50. The van der Waals surface area contributed by atoms with Gasteiger partial charge in [0.05, 0.1) is 16.4 Å². The molecule has 2 nitrogen and oxygen atoms in total. The molecule has 0 N–H and O–H groups in total. The van der Waals surface area contributed by atoms with E-state index in [1.807, 2.05) is 0 Å². The fourth-order valence-electron chi connectivity index (χ4n) is 13.8. The number of hydrogen-bond donors (Lipinski definition) is 0. The maximum atomic E-state index is 2.50. The molecule has 3 aliphatic carbocycles. The van der Waals surface area contributed by atoms with Gasteiger partial charge in [-0.25, -0.2) is 0 Å². The summed E-state index contributed by atoms with van der Waals surface area (Å²) in [7, 11) is 0. The number of anilines is 3. The lowest BCUT2D eigenvalue weighted by Gasteiger charge is -2.34. The Balaban J connectivity index is 0.846. The summed E-state index contributed by atoms with van der Waals surface area (Å²) in [5.41, 5.74) is 25.8. The second kappa shape index (κ2) is 18.1. The van der Waals surface area contributed by atoms with Gasteiger partial charge in [0.15, 0.2) is 0 Å². The molecule has 1 atom stereocenters. The zero-order chi connectivity index (χ0) is 52.0. The predicted octanol–water partition coefficient (Wildman–Crippen LogP) is 19.7. The topological polar surface area (TPSA) is 8.17 Å². The van der Waals surface area contributed by atoms with Gasteiger partial charge in [-0.15, -0.1) is 0 Å². The quantitative estimate of drug-likeness (QED) is 0.140. The minimum absolute atomic E-state index is 0.173. The molecule has 3 aliphatic rings. The molecule has 2 heteroatoms. The number of aromatic nitrogens is 1. The van der Waals surface area contributed by atoms with Gasteiger partial charge in [0.25, 0.3) is 0 Å². The molecule has 0 aliphatic heterocycles. The normalized spacial score (nSPS) is 15.5. The van der Waals surface area contributed by atoms with Gasteiger partial charge in [-0.3, -0.25) is 0 Å². The van der Waals surface area contributed by atoms with Crippen LogP contribution in [-0.4, -0.2) is 4.57 Å². The molecule has 0 bridgehead atoms. The van der Waals surface area contributed by atoms with Gasteiger partial charge in [0, 0.05) is 44.9 Å². The zero-order valence-electron chi connectivity index (χ0n) is 43.8. The van der Waals surface area contributed by atoms with E-state index in [4.69, 9.17) is 0 Å². The molecule has 370 valence electrons. The smallest absolute Gasteiger partial charge is 0.0713 e. The number of rotatable bonds is 9. The van der Waals surface area contributed by atoms with Gasteiger partial charge in [-0.2, -0.15) is 0 Å². The Morgan fingerprint density at radius 1 is 0.397 bits per heavy atom. The summed E-state index contributed by atoms with van der Waals surface area (Å²) in [6.07, 6.45) is 5.85. The van der Waals surface area contributed by atoms with Crippen molar-refractivity contribution < 1.29 is 0 Å². The fourth-order valence-corrected chi connectivity index (χ4v) is 13.8. The second-order valence-electron chi connectivity index (χ2n) is 22.0. The van der Waals surface area contributed by atoms with Crippen LogP contribution in [0.4, 0.5) is 17.1 Å². The Morgan fingerprint density at radius 2 is 0.949 bits per heavy atom. The molecule has 1 unspecified atom stereocenters. The van der Waals surface area contributed by atoms with Gasteiger partial charge in [-0.05, 0) is 151 Å². The van der Waals surface area contributed by atoms with Crippen LogP contribution in [0.5, 0.6) is 0 Å². The average Bonchev–Trinajstić information content (AvgIpc) is 4.01.